The maximum Gasteiger partial charge on any atom is 0.339 e. The van der Waals surface area contributed by atoms with Crippen LogP contribution in [-0.2, 0) is 16.0 Å². The number of carbonyl (C=O) groups is 1. The summed E-state index contributed by atoms with van der Waals surface area (Å²) < 4.78 is 5.32. The van der Waals surface area contributed by atoms with Gasteiger partial charge in [-0.25, -0.2) is 4.79 Å². The molecule has 0 radical (unpaired) electrons. The van der Waals surface area contributed by atoms with Gasteiger partial charge in [0.15, 0.2) is 0 Å². The highest BCUT2D eigenvalue weighted by atomic mass is 16.6. The van der Waals surface area contributed by atoms with E-state index in [-0.39, 0.29) is 11.7 Å². The van der Waals surface area contributed by atoms with Crippen LogP contribution < -0.4 is 0 Å². The van der Waals surface area contributed by atoms with Crippen LogP contribution in [0.25, 0.3) is 0 Å². The highest BCUT2D eigenvalue weighted by Crippen LogP contribution is 2.36. The van der Waals surface area contributed by atoms with Crippen LogP contribution in [0.4, 0.5) is 5.69 Å². The molecule has 5 nitrogen and oxygen atoms in total. The van der Waals surface area contributed by atoms with E-state index in [2.05, 4.69) is 0 Å². The number of carbonyl (C=O) groups excluding carboxylic acids is 1. The van der Waals surface area contributed by atoms with E-state index < -0.39 is 4.92 Å². The zero-order valence-corrected chi connectivity index (χ0v) is 11.5. The molecule has 0 aromatic heterocycles. The van der Waals surface area contributed by atoms with Crippen molar-refractivity contribution in [2.24, 2.45) is 0 Å². The van der Waals surface area contributed by atoms with Gasteiger partial charge in [-0.15, -0.1) is 0 Å². The normalized spacial score (nSPS) is 19.6. The Hall–Kier alpha value is -2.43. The molecule has 0 fully saturated rings. The van der Waals surface area contributed by atoms with Gasteiger partial charge in [0.05, 0.1) is 4.92 Å². The van der Waals surface area contributed by atoms with Crippen LogP contribution in [0.5, 0.6) is 0 Å². The zero-order chi connectivity index (χ0) is 14.8. The molecule has 5 heteroatoms. The Morgan fingerprint density at radius 1 is 1.24 bits per heavy atom. The van der Waals surface area contributed by atoms with Crippen LogP contribution >= 0.6 is 0 Å². The summed E-state index contributed by atoms with van der Waals surface area (Å²) in [6, 6.07) is 6.51. The number of esters is 1. The van der Waals surface area contributed by atoms with E-state index in [0.717, 1.165) is 42.4 Å². The van der Waals surface area contributed by atoms with Crippen molar-refractivity contribution in [1.82, 2.24) is 0 Å². The van der Waals surface area contributed by atoms with Crippen molar-refractivity contribution in [3.63, 3.8) is 0 Å². The average molecular weight is 285 g/mol. The lowest BCUT2D eigenvalue weighted by molar-refractivity contribution is -0.384. The lowest BCUT2D eigenvalue weighted by Gasteiger charge is -2.10. The predicted octanol–water partition coefficient (Wildman–Crippen LogP) is 3.45. The van der Waals surface area contributed by atoms with Gasteiger partial charge in [0.25, 0.3) is 5.69 Å². The van der Waals surface area contributed by atoms with Crippen LogP contribution in [-0.4, -0.2) is 10.9 Å². The molecule has 0 unspecified atom stereocenters. The fourth-order valence-corrected chi connectivity index (χ4v) is 2.80. The summed E-state index contributed by atoms with van der Waals surface area (Å²) in [4.78, 5) is 22.1. The van der Waals surface area contributed by atoms with E-state index in [9.17, 15) is 14.9 Å². The first-order chi connectivity index (χ1) is 10.1. The van der Waals surface area contributed by atoms with Gasteiger partial charge < -0.3 is 4.74 Å². The third-order valence-corrected chi connectivity index (χ3v) is 3.86. The van der Waals surface area contributed by atoms with E-state index in [1.807, 2.05) is 12.1 Å². The first kappa shape index (κ1) is 13.5. The van der Waals surface area contributed by atoms with Gasteiger partial charge in [-0.1, -0.05) is 12.1 Å². The molecule has 0 amide bonds. The Labute approximate surface area is 122 Å². The van der Waals surface area contributed by atoms with Gasteiger partial charge >= 0.3 is 5.97 Å². The van der Waals surface area contributed by atoms with Crippen molar-refractivity contribution in [1.29, 1.82) is 0 Å². The number of cyclic esters (lactones) is 1. The maximum atomic E-state index is 11.8. The van der Waals surface area contributed by atoms with E-state index in [0.29, 0.717) is 12.2 Å². The van der Waals surface area contributed by atoms with Crippen LogP contribution in [0, 0.1) is 10.1 Å². The predicted molar refractivity (Wildman–Crippen MR) is 76.5 cm³/mol. The molecule has 2 aliphatic rings. The van der Waals surface area contributed by atoms with Crippen molar-refractivity contribution in [2.75, 3.05) is 0 Å². The smallest absolute Gasteiger partial charge is 0.339 e. The Balaban J connectivity index is 1.81. The van der Waals surface area contributed by atoms with Crippen LogP contribution in [0.15, 0.2) is 47.2 Å². The molecule has 0 saturated heterocycles. The second-order valence-corrected chi connectivity index (χ2v) is 5.25. The molecule has 3 rings (SSSR count). The molecule has 108 valence electrons. The van der Waals surface area contributed by atoms with E-state index in [1.165, 1.54) is 6.07 Å². The van der Waals surface area contributed by atoms with Gasteiger partial charge in [-0.3, -0.25) is 10.1 Å². The van der Waals surface area contributed by atoms with Gasteiger partial charge in [-0.2, -0.15) is 0 Å². The summed E-state index contributed by atoms with van der Waals surface area (Å²) in [7, 11) is 0. The Morgan fingerprint density at radius 3 is 2.76 bits per heavy atom. The first-order valence-electron chi connectivity index (χ1n) is 7.03. The summed E-state index contributed by atoms with van der Waals surface area (Å²) >= 11 is 0. The number of hydrogen-bond donors (Lipinski definition) is 0. The van der Waals surface area contributed by atoms with Crippen molar-refractivity contribution in [2.45, 2.75) is 32.1 Å². The van der Waals surface area contributed by atoms with Crippen molar-refractivity contribution in [3.05, 3.63) is 62.9 Å². The lowest BCUT2D eigenvalue weighted by atomic mass is 9.92. The quantitative estimate of drug-likeness (QED) is 0.484. The number of nitro groups is 1. The van der Waals surface area contributed by atoms with E-state index in [1.54, 1.807) is 12.1 Å². The molecule has 21 heavy (non-hydrogen) atoms. The first-order valence-corrected chi connectivity index (χ1v) is 7.03. The molecule has 0 saturated carbocycles. The number of allylic oxidation sites excluding steroid dienone is 2. The molecule has 1 heterocycles. The van der Waals surface area contributed by atoms with Crippen molar-refractivity contribution in [3.8, 4) is 0 Å². The summed E-state index contributed by atoms with van der Waals surface area (Å²) in [5.41, 5.74) is 2.74. The fraction of sp³-hybridized carbons (Fsp3) is 0.312. The van der Waals surface area contributed by atoms with Crippen molar-refractivity contribution >= 4 is 11.7 Å². The number of non-ortho nitro benzene ring substituents is 1. The summed E-state index contributed by atoms with van der Waals surface area (Å²) in [6.07, 6.45) is 6.14. The summed E-state index contributed by atoms with van der Waals surface area (Å²) in [5.74, 6) is 0.413. The molecule has 0 bridgehead atoms. The van der Waals surface area contributed by atoms with Gasteiger partial charge in [0, 0.05) is 23.3 Å². The topological polar surface area (TPSA) is 69.4 Å². The van der Waals surface area contributed by atoms with Crippen LogP contribution in [0.3, 0.4) is 0 Å². The van der Waals surface area contributed by atoms with Gasteiger partial charge in [0.1, 0.15) is 5.76 Å². The number of nitrogens with zero attached hydrogens (tertiary/aromatic N) is 1. The Kier molecular flexibility index (Phi) is 3.56. The second kappa shape index (κ2) is 5.52. The molecular weight excluding hydrogens is 270 g/mol. The third-order valence-electron chi connectivity index (χ3n) is 3.86. The van der Waals surface area contributed by atoms with Crippen LogP contribution in [0.1, 0.15) is 31.2 Å². The third kappa shape index (κ3) is 2.72. The number of nitro benzene ring substituents is 1. The molecule has 0 atom stereocenters. The molecular formula is C16H15NO4. The highest BCUT2D eigenvalue weighted by Gasteiger charge is 2.30. The Morgan fingerprint density at radius 2 is 2.00 bits per heavy atom. The lowest BCUT2D eigenvalue weighted by Crippen LogP contribution is -2.01. The number of hydrogen-bond acceptors (Lipinski definition) is 4. The van der Waals surface area contributed by atoms with E-state index >= 15 is 0 Å². The fourth-order valence-electron chi connectivity index (χ4n) is 2.80. The molecule has 1 aromatic carbocycles. The minimum absolute atomic E-state index is 0.0758. The zero-order valence-electron chi connectivity index (χ0n) is 11.5. The monoisotopic (exact) mass is 285 g/mol. The number of benzene rings is 1. The minimum atomic E-state index is -0.409. The second-order valence-electron chi connectivity index (χ2n) is 5.25. The summed E-state index contributed by atoms with van der Waals surface area (Å²) in [6.45, 7) is 0. The maximum absolute atomic E-state index is 11.8. The number of rotatable bonds is 3. The largest absolute Gasteiger partial charge is 0.423 e. The molecule has 1 aromatic rings. The molecule has 1 aliphatic carbocycles. The molecule has 0 N–H and O–H groups in total. The summed E-state index contributed by atoms with van der Waals surface area (Å²) in [5, 5.41) is 10.8. The number of ether oxygens (including phenoxy) is 1. The average Bonchev–Trinajstić information content (AvgIpc) is 2.82. The van der Waals surface area contributed by atoms with Crippen LogP contribution in [0.2, 0.25) is 0 Å². The SMILES string of the molecule is O=C1OC(=CCc2cccc([N+](=O)[O-])c2)C2=C1CCCC2. The van der Waals surface area contributed by atoms with E-state index in [4.69, 9.17) is 4.74 Å². The Bertz CT molecular complexity index is 673. The van der Waals surface area contributed by atoms with Gasteiger partial charge in [-0.05, 0) is 43.7 Å². The molecule has 0 spiro atoms. The highest BCUT2D eigenvalue weighted by molar-refractivity contribution is 5.94. The standard InChI is InChI=1S/C16H15NO4/c18-16-14-7-2-1-6-13(14)15(21-16)9-8-11-4-3-5-12(10-11)17(19)20/h3-5,9-10H,1-2,6-8H2. The van der Waals surface area contributed by atoms with Gasteiger partial charge in [0.2, 0.25) is 0 Å². The van der Waals surface area contributed by atoms with Crippen molar-refractivity contribution < 1.29 is 14.5 Å². The minimum Gasteiger partial charge on any atom is -0.423 e. The molecule has 1 aliphatic heterocycles.